The van der Waals surface area contributed by atoms with E-state index in [9.17, 15) is 8.42 Å². The first-order chi connectivity index (χ1) is 14.8. The van der Waals surface area contributed by atoms with Crippen molar-refractivity contribution in [3.63, 3.8) is 0 Å². The molecule has 0 aliphatic heterocycles. The number of anilines is 1. The molecule has 0 bridgehead atoms. The van der Waals surface area contributed by atoms with Gasteiger partial charge in [0.1, 0.15) is 0 Å². The first-order valence-electron chi connectivity index (χ1n) is 9.57. The largest absolute Gasteiger partial charge is 0.399 e. The highest BCUT2D eigenvalue weighted by molar-refractivity contribution is 7.90. The standard InChI is InChI=1S/C23H19N5O2S/c1-28-8-6-14-3-4-15(9-21(14)28)17-10-16(24)11-19-23(17)27-20(13-26-19)18-12-25-7-5-22(18)31(2,29)30/h3-13H,24H2,1-2H3. The number of aryl methyl sites for hydroxylation is 1. The van der Waals surface area contributed by atoms with Crippen LogP contribution in [0.1, 0.15) is 0 Å². The van der Waals surface area contributed by atoms with Gasteiger partial charge >= 0.3 is 0 Å². The van der Waals surface area contributed by atoms with Gasteiger partial charge in [0, 0.05) is 54.2 Å². The van der Waals surface area contributed by atoms with Gasteiger partial charge in [0.2, 0.25) is 0 Å². The van der Waals surface area contributed by atoms with E-state index in [4.69, 9.17) is 10.7 Å². The number of hydrogen-bond acceptors (Lipinski definition) is 6. The second-order valence-corrected chi connectivity index (χ2v) is 9.52. The van der Waals surface area contributed by atoms with Crippen molar-refractivity contribution in [2.45, 2.75) is 4.90 Å². The van der Waals surface area contributed by atoms with Crippen LogP contribution >= 0.6 is 0 Å². The Kier molecular flexibility index (Phi) is 4.26. The van der Waals surface area contributed by atoms with Gasteiger partial charge in [0.15, 0.2) is 9.84 Å². The molecule has 2 aromatic carbocycles. The predicted molar refractivity (Wildman–Crippen MR) is 122 cm³/mol. The molecule has 0 aliphatic rings. The minimum absolute atomic E-state index is 0.165. The Morgan fingerprint density at radius 2 is 1.84 bits per heavy atom. The Morgan fingerprint density at radius 3 is 2.65 bits per heavy atom. The molecule has 0 radical (unpaired) electrons. The summed E-state index contributed by atoms with van der Waals surface area (Å²) in [6, 6.07) is 13.3. The van der Waals surface area contributed by atoms with Crippen LogP contribution in [0.25, 0.3) is 44.3 Å². The van der Waals surface area contributed by atoms with E-state index in [0.29, 0.717) is 28.0 Å². The fourth-order valence-corrected chi connectivity index (χ4v) is 4.68. The van der Waals surface area contributed by atoms with Crippen LogP contribution < -0.4 is 5.73 Å². The van der Waals surface area contributed by atoms with Gasteiger partial charge in [0.05, 0.1) is 27.8 Å². The van der Waals surface area contributed by atoms with E-state index >= 15 is 0 Å². The number of hydrogen-bond donors (Lipinski definition) is 1. The Labute approximate surface area is 179 Å². The number of pyridine rings is 1. The summed E-state index contributed by atoms with van der Waals surface area (Å²) in [5.41, 5.74) is 11.7. The van der Waals surface area contributed by atoms with Crippen LogP contribution in [0.15, 0.2) is 72.1 Å². The highest BCUT2D eigenvalue weighted by Crippen LogP contribution is 2.33. The fourth-order valence-electron chi connectivity index (χ4n) is 3.81. The van der Waals surface area contributed by atoms with Crippen LogP contribution in [0.3, 0.4) is 0 Å². The number of nitrogen functional groups attached to an aromatic ring is 1. The molecule has 0 spiro atoms. The maximum Gasteiger partial charge on any atom is 0.176 e. The summed E-state index contributed by atoms with van der Waals surface area (Å²) in [7, 11) is -1.46. The van der Waals surface area contributed by atoms with Crippen molar-refractivity contribution in [2.75, 3.05) is 12.0 Å². The molecule has 0 fully saturated rings. The number of rotatable bonds is 3. The molecule has 154 valence electrons. The Bertz CT molecular complexity index is 1590. The number of aromatic nitrogens is 4. The molecule has 2 N–H and O–H groups in total. The molecule has 5 rings (SSSR count). The zero-order valence-electron chi connectivity index (χ0n) is 16.9. The van der Waals surface area contributed by atoms with E-state index in [2.05, 4.69) is 32.7 Å². The van der Waals surface area contributed by atoms with Crippen molar-refractivity contribution in [3.05, 3.63) is 67.3 Å². The van der Waals surface area contributed by atoms with E-state index in [1.807, 2.05) is 25.4 Å². The Morgan fingerprint density at radius 1 is 1.00 bits per heavy atom. The van der Waals surface area contributed by atoms with Crippen LogP contribution in [0, 0.1) is 0 Å². The molecule has 31 heavy (non-hydrogen) atoms. The molecule has 5 aromatic rings. The average Bonchev–Trinajstić information content (AvgIpc) is 3.12. The average molecular weight is 430 g/mol. The summed E-state index contributed by atoms with van der Waals surface area (Å²) in [5.74, 6) is 0. The third-order valence-electron chi connectivity index (χ3n) is 5.33. The molecule has 0 unspecified atom stereocenters. The van der Waals surface area contributed by atoms with E-state index < -0.39 is 9.84 Å². The molecule has 0 saturated carbocycles. The second kappa shape index (κ2) is 6.88. The minimum atomic E-state index is -3.46. The van der Waals surface area contributed by atoms with E-state index in [1.165, 1.54) is 24.7 Å². The SMILES string of the molecule is Cn1ccc2ccc(-c3cc(N)cc4ncc(-c5cnccc5S(C)(=O)=O)nc34)cc21. The lowest BCUT2D eigenvalue weighted by Gasteiger charge is -2.11. The number of nitrogens with two attached hydrogens (primary N) is 1. The lowest BCUT2D eigenvalue weighted by atomic mass is 10.0. The van der Waals surface area contributed by atoms with E-state index in [0.717, 1.165) is 22.0 Å². The van der Waals surface area contributed by atoms with Crippen LogP contribution in [0.4, 0.5) is 5.69 Å². The van der Waals surface area contributed by atoms with Gasteiger partial charge in [-0.25, -0.2) is 13.4 Å². The van der Waals surface area contributed by atoms with Gasteiger partial charge in [-0.1, -0.05) is 12.1 Å². The number of nitrogens with zero attached hydrogens (tertiary/aromatic N) is 4. The van der Waals surface area contributed by atoms with Gasteiger partial charge in [-0.05, 0) is 41.3 Å². The molecular formula is C23H19N5O2S. The van der Waals surface area contributed by atoms with Crippen LogP contribution in [0.5, 0.6) is 0 Å². The summed E-state index contributed by atoms with van der Waals surface area (Å²) in [5, 5.41) is 1.14. The molecule has 8 heteroatoms. The highest BCUT2D eigenvalue weighted by Gasteiger charge is 2.17. The van der Waals surface area contributed by atoms with Crippen molar-refractivity contribution in [1.29, 1.82) is 0 Å². The third kappa shape index (κ3) is 3.30. The lowest BCUT2D eigenvalue weighted by Crippen LogP contribution is -2.02. The molecular weight excluding hydrogens is 410 g/mol. The van der Waals surface area contributed by atoms with Crippen molar-refractivity contribution >= 4 is 37.5 Å². The Hall–Kier alpha value is -3.78. The van der Waals surface area contributed by atoms with E-state index in [1.54, 1.807) is 12.3 Å². The van der Waals surface area contributed by atoms with Gasteiger partial charge in [-0.2, -0.15) is 0 Å². The zero-order chi connectivity index (χ0) is 21.8. The van der Waals surface area contributed by atoms with Gasteiger partial charge in [0.25, 0.3) is 0 Å². The van der Waals surface area contributed by atoms with Gasteiger partial charge in [-0.15, -0.1) is 0 Å². The van der Waals surface area contributed by atoms with Crippen molar-refractivity contribution in [3.8, 4) is 22.4 Å². The second-order valence-electron chi connectivity index (χ2n) is 7.54. The Balaban J connectivity index is 1.78. The molecule has 0 amide bonds. The van der Waals surface area contributed by atoms with Crippen LogP contribution in [-0.2, 0) is 16.9 Å². The number of benzene rings is 2. The predicted octanol–water partition coefficient (Wildman–Crippen LogP) is 3.84. The van der Waals surface area contributed by atoms with Crippen LogP contribution in [-0.4, -0.2) is 34.2 Å². The topological polar surface area (TPSA) is 104 Å². The molecule has 7 nitrogen and oxygen atoms in total. The first kappa shape index (κ1) is 19.2. The highest BCUT2D eigenvalue weighted by atomic mass is 32.2. The number of sulfone groups is 1. The van der Waals surface area contributed by atoms with Crippen molar-refractivity contribution < 1.29 is 8.42 Å². The molecule has 3 heterocycles. The summed E-state index contributed by atoms with van der Waals surface area (Å²) in [4.78, 5) is 13.6. The van der Waals surface area contributed by atoms with E-state index in [-0.39, 0.29) is 4.90 Å². The summed E-state index contributed by atoms with van der Waals surface area (Å²) >= 11 is 0. The van der Waals surface area contributed by atoms with Crippen LogP contribution in [0.2, 0.25) is 0 Å². The normalized spacial score (nSPS) is 11.9. The first-order valence-corrected chi connectivity index (χ1v) is 11.5. The summed E-state index contributed by atoms with van der Waals surface area (Å²) in [6.07, 6.45) is 7.69. The van der Waals surface area contributed by atoms with Crippen molar-refractivity contribution in [2.24, 2.45) is 7.05 Å². The smallest absolute Gasteiger partial charge is 0.176 e. The lowest BCUT2D eigenvalue weighted by molar-refractivity contribution is 0.602. The molecule has 0 atom stereocenters. The monoisotopic (exact) mass is 429 g/mol. The fraction of sp³-hybridized carbons (Fsp3) is 0.0870. The molecule has 0 saturated heterocycles. The molecule has 0 aliphatic carbocycles. The van der Waals surface area contributed by atoms with Gasteiger partial charge in [-0.3, -0.25) is 9.97 Å². The maximum absolute atomic E-state index is 12.3. The zero-order valence-corrected chi connectivity index (χ0v) is 17.8. The minimum Gasteiger partial charge on any atom is -0.399 e. The summed E-state index contributed by atoms with van der Waals surface area (Å²) in [6.45, 7) is 0. The third-order valence-corrected chi connectivity index (χ3v) is 6.48. The summed E-state index contributed by atoms with van der Waals surface area (Å²) < 4.78 is 26.6. The quantitative estimate of drug-likeness (QED) is 0.437. The van der Waals surface area contributed by atoms with Gasteiger partial charge < -0.3 is 10.3 Å². The number of fused-ring (bicyclic) bond motifs is 2. The maximum atomic E-state index is 12.3. The van der Waals surface area contributed by atoms with Crippen molar-refractivity contribution in [1.82, 2.24) is 19.5 Å². The molecule has 3 aromatic heterocycles.